The van der Waals surface area contributed by atoms with E-state index in [1.807, 2.05) is 72.8 Å². The lowest BCUT2D eigenvalue weighted by Gasteiger charge is -2.09. The summed E-state index contributed by atoms with van der Waals surface area (Å²) in [6.45, 7) is 0. The predicted octanol–water partition coefficient (Wildman–Crippen LogP) is 6.42. The maximum absolute atomic E-state index is 9.16. The van der Waals surface area contributed by atoms with Gasteiger partial charge < -0.3 is 9.47 Å². The lowest BCUT2D eigenvalue weighted by atomic mass is 10.1. The van der Waals surface area contributed by atoms with Gasteiger partial charge in [-0.3, -0.25) is 0 Å². The molecule has 158 valence electrons. The SMILES string of the molecule is N#Cc1ccc(Oc2ccc(-c3ccc(Oc4ccc(C#N)c(C#N)c4)cc3)cc2)cc1C#N. The van der Waals surface area contributed by atoms with Crippen molar-refractivity contribution in [1.29, 1.82) is 21.0 Å². The summed E-state index contributed by atoms with van der Waals surface area (Å²) in [5.41, 5.74) is 3.10. The van der Waals surface area contributed by atoms with Gasteiger partial charge in [0.25, 0.3) is 0 Å². The van der Waals surface area contributed by atoms with E-state index in [0.717, 1.165) is 11.1 Å². The van der Waals surface area contributed by atoms with Gasteiger partial charge in [0.15, 0.2) is 0 Å². The predicted molar refractivity (Wildman–Crippen MR) is 124 cm³/mol. The number of hydrogen-bond acceptors (Lipinski definition) is 6. The van der Waals surface area contributed by atoms with Crippen LogP contribution in [0.2, 0.25) is 0 Å². The highest BCUT2D eigenvalue weighted by atomic mass is 16.5. The first-order valence-electron chi connectivity index (χ1n) is 10.1. The average molecular weight is 438 g/mol. The molecule has 0 aliphatic rings. The zero-order valence-corrected chi connectivity index (χ0v) is 17.7. The van der Waals surface area contributed by atoms with Gasteiger partial charge >= 0.3 is 0 Å². The molecular formula is C28H14N4O2. The van der Waals surface area contributed by atoms with Crippen LogP contribution in [-0.2, 0) is 0 Å². The van der Waals surface area contributed by atoms with Gasteiger partial charge in [-0.25, -0.2) is 0 Å². The molecule has 0 heterocycles. The Morgan fingerprint density at radius 3 is 1.03 bits per heavy atom. The summed E-state index contributed by atoms with van der Waals surface area (Å²) in [7, 11) is 0. The molecule has 4 aromatic carbocycles. The Hall–Kier alpha value is -5.56. The third kappa shape index (κ3) is 4.68. The lowest BCUT2D eigenvalue weighted by molar-refractivity contribution is 0.482. The second-order valence-corrected chi connectivity index (χ2v) is 7.11. The third-order valence-corrected chi connectivity index (χ3v) is 4.98. The zero-order chi connectivity index (χ0) is 23.9. The molecule has 0 aliphatic carbocycles. The quantitative estimate of drug-likeness (QED) is 0.355. The molecule has 0 unspecified atom stereocenters. The van der Waals surface area contributed by atoms with Crippen molar-refractivity contribution in [2.75, 3.05) is 0 Å². The molecule has 34 heavy (non-hydrogen) atoms. The summed E-state index contributed by atoms with van der Waals surface area (Å²) < 4.78 is 11.6. The smallest absolute Gasteiger partial charge is 0.128 e. The molecule has 0 aromatic heterocycles. The highest BCUT2D eigenvalue weighted by molar-refractivity contribution is 5.65. The van der Waals surface area contributed by atoms with Crippen molar-refractivity contribution < 1.29 is 9.47 Å². The van der Waals surface area contributed by atoms with E-state index in [0.29, 0.717) is 34.1 Å². The molecule has 0 amide bonds. The fourth-order valence-corrected chi connectivity index (χ4v) is 3.26. The molecule has 0 fully saturated rings. The van der Waals surface area contributed by atoms with Crippen molar-refractivity contribution in [2.24, 2.45) is 0 Å². The summed E-state index contributed by atoms with van der Waals surface area (Å²) in [6, 6.07) is 32.4. The minimum Gasteiger partial charge on any atom is -0.457 e. The van der Waals surface area contributed by atoms with Gasteiger partial charge in [0.05, 0.1) is 22.3 Å². The van der Waals surface area contributed by atoms with Crippen molar-refractivity contribution in [1.82, 2.24) is 0 Å². The minimum atomic E-state index is 0.267. The number of nitriles is 4. The van der Waals surface area contributed by atoms with Gasteiger partial charge in [0.1, 0.15) is 47.3 Å². The standard InChI is InChI=1S/C28H14N4O2/c29-15-21-5-11-27(13-23(21)17-31)33-25-7-1-19(2-8-25)20-3-9-26(10-4-20)34-28-12-6-22(16-30)24(14-28)18-32/h1-14H. The van der Waals surface area contributed by atoms with Crippen molar-refractivity contribution >= 4 is 0 Å². The largest absolute Gasteiger partial charge is 0.457 e. The van der Waals surface area contributed by atoms with E-state index in [1.54, 1.807) is 36.4 Å². The zero-order valence-electron chi connectivity index (χ0n) is 17.7. The van der Waals surface area contributed by atoms with Crippen LogP contribution >= 0.6 is 0 Å². The van der Waals surface area contributed by atoms with E-state index < -0.39 is 0 Å². The number of ether oxygens (including phenoxy) is 2. The van der Waals surface area contributed by atoms with Crippen LogP contribution in [0.3, 0.4) is 0 Å². The van der Waals surface area contributed by atoms with Crippen LogP contribution in [-0.4, -0.2) is 0 Å². The Labute approximate surface area is 196 Å². The Kier molecular flexibility index (Phi) is 6.19. The molecule has 6 heteroatoms. The fraction of sp³-hybridized carbons (Fsp3) is 0. The Bertz CT molecular complexity index is 1410. The molecule has 0 radical (unpaired) electrons. The van der Waals surface area contributed by atoms with Crippen molar-refractivity contribution in [2.45, 2.75) is 0 Å². The normalized spacial score (nSPS) is 9.65. The molecule has 6 nitrogen and oxygen atoms in total. The van der Waals surface area contributed by atoms with Gasteiger partial charge in [0, 0.05) is 0 Å². The summed E-state index contributed by atoms with van der Waals surface area (Å²) in [5, 5.41) is 36.4. The van der Waals surface area contributed by atoms with Crippen LogP contribution in [0.25, 0.3) is 11.1 Å². The van der Waals surface area contributed by atoms with E-state index in [1.165, 1.54) is 0 Å². The van der Waals surface area contributed by atoms with Crippen LogP contribution in [0.1, 0.15) is 22.3 Å². The molecule has 0 saturated heterocycles. The first-order chi connectivity index (χ1) is 16.6. The van der Waals surface area contributed by atoms with Crippen LogP contribution in [0, 0.1) is 45.3 Å². The minimum absolute atomic E-state index is 0.267. The second-order valence-electron chi connectivity index (χ2n) is 7.11. The maximum atomic E-state index is 9.16. The molecule has 0 atom stereocenters. The van der Waals surface area contributed by atoms with E-state index in [2.05, 4.69) is 0 Å². The molecule has 4 rings (SSSR count). The third-order valence-electron chi connectivity index (χ3n) is 4.98. The van der Waals surface area contributed by atoms with Gasteiger partial charge in [-0.1, -0.05) is 24.3 Å². The van der Waals surface area contributed by atoms with Gasteiger partial charge in [-0.2, -0.15) is 21.0 Å². The van der Waals surface area contributed by atoms with Crippen LogP contribution in [0.5, 0.6) is 23.0 Å². The summed E-state index contributed by atoms with van der Waals surface area (Å²) in [4.78, 5) is 0. The maximum Gasteiger partial charge on any atom is 0.128 e. The number of rotatable bonds is 5. The van der Waals surface area contributed by atoms with E-state index in [4.69, 9.17) is 30.5 Å². The Morgan fingerprint density at radius 2 is 0.706 bits per heavy atom. The monoisotopic (exact) mass is 438 g/mol. The number of benzene rings is 4. The molecule has 4 aromatic rings. The van der Waals surface area contributed by atoms with Crippen LogP contribution < -0.4 is 9.47 Å². The summed E-state index contributed by atoms with van der Waals surface area (Å²) >= 11 is 0. The molecular weight excluding hydrogens is 424 g/mol. The Balaban J connectivity index is 1.46. The van der Waals surface area contributed by atoms with Gasteiger partial charge in [-0.15, -0.1) is 0 Å². The van der Waals surface area contributed by atoms with Crippen LogP contribution in [0.4, 0.5) is 0 Å². The first-order valence-corrected chi connectivity index (χ1v) is 10.1. The molecule has 0 N–H and O–H groups in total. The van der Waals surface area contributed by atoms with Crippen LogP contribution in [0.15, 0.2) is 84.9 Å². The van der Waals surface area contributed by atoms with Crippen molar-refractivity contribution in [3.8, 4) is 58.4 Å². The summed E-state index contributed by atoms with van der Waals surface area (Å²) in [5.74, 6) is 2.16. The number of hydrogen-bond donors (Lipinski definition) is 0. The van der Waals surface area contributed by atoms with Crippen molar-refractivity contribution in [3.05, 3.63) is 107 Å². The van der Waals surface area contributed by atoms with Gasteiger partial charge in [0.2, 0.25) is 0 Å². The highest BCUT2D eigenvalue weighted by Crippen LogP contribution is 2.29. The molecule has 0 saturated carbocycles. The highest BCUT2D eigenvalue weighted by Gasteiger charge is 2.07. The number of nitrogens with zero attached hydrogens (tertiary/aromatic N) is 4. The summed E-state index contributed by atoms with van der Waals surface area (Å²) in [6.07, 6.45) is 0. The topological polar surface area (TPSA) is 114 Å². The van der Waals surface area contributed by atoms with Gasteiger partial charge in [-0.05, 0) is 71.8 Å². The molecule has 0 spiro atoms. The average Bonchev–Trinajstić information content (AvgIpc) is 2.89. The molecule has 0 aliphatic heterocycles. The fourth-order valence-electron chi connectivity index (χ4n) is 3.26. The first kappa shape index (κ1) is 21.7. The second kappa shape index (κ2) is 9.71. The van der Waals surface area contributed by atoms with E-state index >= 15 is 0 Å². The lowest BCUT2D eigenvalue weighted by Crippen LogP contribution is -1.89. The van der Waals surface area contributed by atoms with Crippen molar-refractivity contribution in [3.63, 3.8) is 0 Å². The van der Waals surface area contributed by atoms with E-state index in [9.17, 15) is 0 Å². The molecule has 0 bridgehead atoms. The Morgan fingerprint density at radius 1 is 0.382 bits per heavy atom. The van der Waals surface area contributed by atoms with E-state index in [-0.39, 0.29) is 11.1 Å².